The fourth-order valence-corrected chi connectivity index (χ4v) is 2.78. The predicted molar refractivity (Wildman–Crippen MR) is 92.9 cm³/mol. The molecule has 0 spiro atoms. The second kappa shape index (κ2) is 9.61. The lowest BCUT2D eigenvalue weighted by molar-refractivity contribution is -0.131. The number of hydrazine groups is 1. The molecule has 0 unspecified atom stereocenters. The summed E-state index contributed by atoms with van der Waals surface area (Å²) < 4.78 is 13.4. The summed E-state index contributed by atoms with van der Waals surface area (Å²) in [4.78, 5) is 23.8. The molecule has 0 heterocycles. The molecule has 0 saturated heterocycles. The van der Waals surface area contributed by atoms with Crippen LogP contribution in [0.2, 0.25) is 0 Å². The third-order valence-corrected chi connectivity index (χ3v) is 4.53. The first-order valence-corrected chi connectivity index (χ1v) is 8.69. The summed E-state index contributed by atoms with van der Waals surface area (Å²) in [5.41, 5.74) is 10.3. The number of benzene rings is 1. The summed E-state index contributed by atoms with van der Waals surface area (Å²) in [6.07, 6.45) is -0.972. The number of nitrogens with one attached hydrogen (secondary N) is 2. The molecule has 0 aliphatic rings. The average Bonchev–Trinajstić information content (AvgIpc) is 2.53. The number of aliphatic hydroxyl groups excluding tert-OH is 1. The molecule has 2 amide bonds. The van der Waals surface area contributed by atoms with Gasteiger partial charge in [0, 0.05) is 11.6 Å². The van der Waals surface area contributed by atoms with Crippen molar-refractivity contribution in [3.63, 3.8) is 0 Å². The number of rotatable bonds is 7. The van der Waals surface area contributed by atoms with Crippen LogP contribution in [-0.4, -0.2) is 40.1 Å². The Hall–Kier alpha value is -1.64. The van der Waals surface area contributed by atoms with E-state index in [1.54, 1.807) is 11.8 Å². The molecule has 24 heavy (non-hydrogen) atoms. The van der Waals surface area contributed by atoms with Gasteiger partial charge < -0.3 is 10.8 Å². The van der Waals surface area contributed by atoms with Gasteiger partial charge in [-0.1, -0.05) is 19.9 Å². The molecule has 1 aromatic carbocycles. The van der Waals surface area contributed by atoms with Crippen LogP contribution in [0.15, 0.2) is 18.2 Å². The lowest BCUT2D eigenvalue weighted by Crippen LogP contribution is -2.52. The maximum atomic E-state index is 13.4. The number of hydrogen-bond acceptors (Lipinski definition) is 5. The lowest BCUT2D eigenvalue weighted by Gasteiger charge is -2.19. The maximum absolute atomic E-state index is 13.4. The molecule has 0 bridgehead atoms. The first-order valence-electron chi connectivity index (χ1n) is 7.64. The molecule has 5 N–H and O–H groups in total. The zero-order valence-corrected chi connectivity index (χ0v) is 14.8. The van der Waals surface area contributed by atoms with E-state index in [9.17, 15) is 19.1 Å². The molecule has 134 valence electrons. The summed E-state index contributed by atoms with van der Waals surface area (Å²) in [5.74, 6) is -1.27. The second-order valence-electron chi connectivity index (χ2n) is 5.67. The summed E-state index contributed by atoms with van der Waals surface area (Å²) >= 11 is 1.68. The molecule has 8 heteroatoms. The minimum Gasteiger partial charge on any atom is -0.382 e. The van der Waals surface area contributed by atoms with E-state index in [4.69, 9.17) is 5.73 Å². The van der Waals surface area contributed by atoms with Crippen LogP contribution in [0, 0.1) is 12.7 Å². The van der Waals surface area contributed by atoms with Crippen molar-refractivity contribution in [3.8, 4) is 0 Å². The Morgan fingerprint density at radius 2 is 2.00 bits per heavy atom. The van der Waals surface area contributed by atoms with Crippen LogP contribution in [-0.2, 0) is 4.79 Å². The van der Waals surface area contributed by atoms with Crippen LogP contribution in [0.3, 0.4) is 0 Å². The Kier molecular flexibility index (Phi) is 8.17. The summed E-state index contributed by atoms with van der Waals surface area (Å²) in [6, 6.07) is 3.34. The molecule has 0 fully saturated rings. The van der Waals surface area contributed by atoms with Crippen molar-refractivity contribution >= 4 is 23.6 Å². The molecule has 0 aliphatic carbocycles. The van der Waals surface area contributed by atoms with Crippen LogP contribution in [0.4, 0.5) is 4.39 Å². The molecular weight excluding hydrogens is 333 g/mol. The Labute approximate surface area is 145 Å². The van der Waals surface area contributed by atoms with Crippen molar-refractivity contribution in [2.24, 2.45) is 5.73 Å². The molecule has 6 nitrogen and oxygen atoms in total. The van der Waals surface area contributed by atoms with E-state index in [1.165, 1.54) is 25.1 Å². The molecule has 0 aromatic heterocycles. The summed E-state index contributed by atoms with van der Waals surface area (Å²) in [5, 5.41) is 10.3. The van der Waals surface area contributed by atoms with Gasteiger partial charge >= 0.3 is 0 Å². The number of amides is 2. The van der Waals surface area contributed by atoms with E-state index < -0.39 is 29.8 Å². The van der Waals surface area contributed by atoms with Crippen molar-refractivity contribution in [1.29, 1.82) is 0 Å². The zero-order valence-electron chi connectivity index (χ0n) is 14.0. The summed E-state index contributed by atoms with van der Waals surface area (Å²) in [7, 11) is 0. The highest BCUT2D eigenvalue weighted by molar-refractivity contribution is 7.99. The fraction of sp³-hybridized carbons (Fsp3) is 0.500. The Morgan fingerprint density at radius 1 is 1.33 bits per heavy atom. The van der Waals surface area contributed by atoms with Gasteiger partial charge in [0.2, 0.25) is 0 Å². The molecule has 1 aromatic rings. The largest absolute Gasteiger partial charge is 0.382 e. The van der Waals surface area contributed by atoms with E-state index in [2.05, 4.69) is 10.9 Å². The average molecular weight is 357 g/mol. The molecular formula is C16H24FN3O3S. The van der Waals surface area contributed by atoms with Crippen LogP contribution in [0.5, 0.6) is 0 Å². The first kappa shape index (κ1) is 20.4. The number of hydrogen-bond donors (Lipinski definition) is 4. The van der Waals surface area contributed by atoms with Gasteiger partial charge in [-0.05, 0) is 42.0 Å². The zero-order chi connectivity index (χ0) is 18.3. The van der Waals surface area contributed by atoms with E-state index in [0.717, 1.165) is 5.75 Å². The van der Waals surface area contributed by atoms with Crippen LogP contribution < -0.4 is 16.6 Å². The van der Waals surface area contributed by atoms with Crippen molar-refractivity contribution in [3.05, 3.63) is 35.1 Å². The monoisotopic (exact) mass is 357 g/mol. The number of halogens is 1. The smallest absolute Gasteiger partial charge is 0.270 e. The van der Waals surface area contributed by atoms with Crippen molar-refractivity contribution in [2.75, 3.05) is 5.75 Å². The minimum atomic E-state index is -1.44. The topological polar surface area (TPSA) is 104 Å². The Bertz CT molecular complexity index is 584. The molecule has 1 rings (SSSR count). The van der Waals surface area contributed by atoms with Gasteiger partial charge in [-0.2, -0.15) is 11.8 Å². The van der Waals surface area contributed by atoms with Gasteiger partial charge in [-0.25, -0.2) is 4.39 Å². The highest BCUT2D eigenvalue weighted by Gasteiger charge is 2.23. The van der Waals surface area contributed by atoms with Gasteiger partial charge in [0.25, 0.3) is 11.8 Å². The molecule has 0 saturated carbocycles. The van der Waals surface area contributed by atoms with Crippen LogP contribution in [0.1, 0.15) is 36.2 Å². The summed E-state index contributed by atoms with van der Waals surface area (Å²) in [6.45, 7) is 5.55. The molecule has 0 aliphatic heterocycles. The standard InChI is InChI=1S/C16H24FN3O3S/c1-9(2)24-8-7-13(18)14(21)16(23)20-19-15(22)11-5-4-6-12(17)10(11)3/h4-6,9,13-14,21H,7-8,18H2,1-3H3,(H,19,22)(H,20,23)/t13-,14-/m1/s1. The number of aliphatic hydroxyl groups is 1. The molecule has 0 radical (unpaired) electrons. The quantitative estimate of drug-likeness (QED) is 0.547. The van der Waals surface area contributed by atoms with Crippen LogP contribution in [0.25, 0.3) is 0 Å². The number of nitrogens with two attached hydrogens (primary N) is 1. The predicted octanol–water partition coefficient (Wildman–Crippen LogP) is 1.12. The van der Waals surface area contributed by atoms with Crippen molar-refractivity contribution < 1.29 is 19.1 Å². The van der Waals surface area contributed by atoms with E-state index in [-0.39, 0.29) is 11.1 Å². The number of carbonyl (C=O) groups excluding carboxylic acids is 2. The minimum absolute atomic E-state index is 0.0995. The Balaban J connectivity index is 2.49. The van der Waals surface area contributed by atoms with Gasteiger partial charge in [0.05, 0.1) is 0 Å². The molecule has 2 atom stereocenters. The normalized spacial score (nSPS) is 13.5. The highest BCUT2D eigenvalue weighted by Crippen LogP contribution is 2.13. The van der Waals surface area contributed by atoms with Gasteiger partial charge in [-0.15, -0.1) is 0 Å². The lowest BCUT2D eigenvalue weighted by atomic mass is 10.1. The fourth-order valence-electron chi connectivity index (χ4n) is 1.91. The van der Waals surface area contributed by atoms with E-state index in [1.807, 2.05) is 13.8 Å². The first-order chi connectivity index (χ1) is 11.2. The van der Waals surface area contributed by atoms with Gasteiger partial charge in [0.1, 0.15) is 11.9 Å². The number of thioether (sulfide) groups is 1. The van der Waals surface area contributed by atoms with E-state index in [0.29, 0.717) is 11.7 Å². The van der Waals surface area contributed by atoms with Crippen molar-refractivity contribution in [1.82, 2.24) is 10.9 Å². The number of carbonyl (C=O) groups is 2. The SMILES string of the molecule is Cc1c(F)cccc1C(=O)NNC(=O)[C@H](O)[C@H](N)CCSC(C)C. The third-order valence-electron chi connectivity index (χ3n) is 3.39. The maximum Gasteiger partial charge on any atom is 0.270 e. The van der Waals surface area contributed by atoms with E-state index >= 15 is 0 Å². The third kappa shape index (κ3) is 6.10. The van der Waals surface area contributed by atoms with Crippen LogP contribution >= 0.6 is 11.8 Å². The Morgan fingerprint density at radius 3 is 2.62 bits per heavy atom. The van der Waals surface area contributed by atoms with Crippen molar-refractivity contribution in [2.45, 2.75) is 44.6 Å². The second-order valence-corrected chi connectivity index (χ2v) is 7.36. The van der Waals surface area contributed by atoms with Gasteiger partial charge in [-0.3, -0.25) is 20.4 Å². The van der Waals surface area contributed by atoms with Gasteiger partial charge in [0.15, 0.2) is 0 Å². The highest BCUT2D eigenvalue weighted by atomic mass is 32.2.